The Kier molecular flexibility index (Phi) is 4.24. The van der Waals surface area contributed by atoms with Crippen molar-refractivity contribution in [1.82, 2.24) is 0 Å². The summed E-state index contributed by atoms with van der Waals surface area (Å²) >= 11 is 0. The molecule has 1 aliphatic rings. The lowest BCUT2D eigenvalue weighted by Gasteiger charge is -2.22. The molecule has 110 valence electrons. The van der Waals surface area contributed by atoms with Gasteiger partial charge in [0.05, 0.1) is 16.5 Å². The fraction of sp³-hybridized carbons (Fsp3) is 0.417. The predicted molar refractivity (Wildman–Crippen MR) is 69.7 cm³/mol. The first-order valence-electron chi connectivity index (χ1n) is 6.02. The van der Waals surface area contributed by atoms with Crippen molar-refractivity contribution in [1.29, 1.82) is 0 Å². The van der Waals surface area contributed by atoms with Crippen LogP contribution in [0.15, 0.2) is 18.2 Å². The van der Waals surface area contributed by atoms with E-state index in [0.717, 1.165) is 18.2 Å². The van der Waals surface area contributed by atoms with Crippen molar-refractivity contribution in [3.05, 3.63) is 29.6 Å². The van der Waals surface area contributed by atoms with Crippen LogP contribution in [0, 0.1) is 5.82 Å². The molecule has 2 rings (SSSR count). The van der Waals surface area contributed by atoms with E-state index in [9.17, 15) is 17.6 Å². The molecule has 0 atom stereocenters. The van der Waals surface area contributed by atoms with E-state index in [-0.39, 0.29) is 11.3 Å². The monoisotopic (exact) mass is 303 g/mol. The lowest BCUT2D eigenvalue weighted by Crippen LogP contribution is -2.33. The zero-order valence-electron chi connectivity index (χ0n) is 10.5. The topological polar surface area (TPSA) is 92.7 Å². The number of carboxylic acids is 1. The van der Waals surface area contributed by atoms with E-state index in [1.165, 1.54) is 0 Å². The first-order valence-corrected chi connectivity index (χ1v) is 7.57. The predicted octanol–water partition coefficient (Wildman–Crippen LogP) is 1.44. The van der Waals surface area contributed by atoms with E-state index >= 15 is 0 Å². The maximum atomic E-state index is 13.6. The van der Waals surface area contributed by atoms with Gasteiger partial charge in [-0.15, -0.1) is 0 Å². The molecule has 1 aliphatic heterocycles. The number of ether oxygens (including phenoxy) is 1. The minimum Gasteiger partial charge on any atom is -0.478 e. The number of aromatic carboxylic acids is 1. The highest BCUT2D eigenvalue weighted by Crippen LogP contribution is 2.22. The second-order valence-electron chi connectivity index (χ2n) is 4.46. The quantitative estimate of drug-likeness (QED) is 0.878. The summed E-state index contributed by atoms with van der Waals surface area (Å²) in [4.78, 5) is 10.8. The molecule has 0 aromatic heterocycles. The maximum absolute atomic E-state index is 13.6. The average Bonchev–Trinajstić information content (AvgIpc) is 2.42. The van der Waals surface area contributed by atoms with Crippen molar-refractivity contribution >= 4 is 21.7 Å². The van der Waals surface area contributed by atoms with Crippen molar-refractivity contribution in [2.24, 2.45) is 0 Å². The summed E-state index contributed by atoms with van der Waals surface area (Å²) in [7, 11) is -3.76. The second-order valence-corrected chi connectivity index (χ2v) is 6.42. The van der Waals surface area contributed by atoms with Gasteiger partial charge < -0.3 is 9.84 Å². The third kappa shape index (κ3) is 3.26. The first kappa shape index (κ1) is 14.7. The smallest absolute Gasteiger partial charge is 0.335 e. The molecule has 0 bridgehead atoms. The Morgan fingerprint density at radius 3 is 2.60 bits per heavy atom. The third-order valence-electron chi connectivity index (χ3n) is 3.07. The van der Waals surface area contributed by atoms with Crippen molar-refractivity contribution in [2.75, 3.05) is 17.9 Å². The van der Waals surface area contributed by atoms with Crippen molar-refractivity contribution in [3.63, 3.8) is 0 Å². The third-order valence-corrected chi connectivity index (χ3v) is 4.93. The van der Waals surface area contributed by atoms with E-state index in [2.05, 4.69) is 4.72 Å². The normalized spacial score (nSPS) is 16.9. The number of sulfonamides is 1. The van der Waals surface area contributed by atoms with E-state index < -0.39 is 27.1 Å². The van der Waals surface area contributed by atoms with Gasteiger partial charge in [0.25, 0.3) is 0 Å². The van der Waals surface area contributed by atoms with Crippen LogP contribution >= 0.6 is 0 Å². The molecule has 0 radical (unpaired) electrons. The summed E-state index contributed by atoms with van der Waals surface area (Å²) < 4.78 is 45.0. The van der Waals surface area contributed by atoms with E-state index in [0.29, 0.717) is 26.1 Å². The van der Waals surface area contributed by atoms with Crippen molar-refractivity contribution < 1.29 is 27.4 Å². The standard InChI is InChI=1S/C12H14FNO5S/c13-10-2-1-8(12(15)16)7-11(10)14-20(17,18)9-3-5-19-6-4-9/h1-2,7,9,14H,3-6H2,(H,15,16). The van der Waals surface area contributed by atoms with Crippen LogP contribution in [-0.2, 0) is 14.8 Å². The zero-order valence-corrected chi connectivity index (χ0v) is 11.3. The first-order chi connectivity index (χ1) is 9.40. The number of anilines is 1. The molecule has 2 N–H and O–H groups in total. The van der Waals surface area contributed by atoms with Crippen molar-refractivity contribution in [3.8, 4) is 0 Å². The molecule has 1 fully saturated rings. The Morgan fingerprint density at radius 1 is 1.35 bits per heavy atom. The molecule has 0 saturated carbocycles. The van der Waals surface area contributed by atoms with Crippen LogP contribution in [0.5, 0.6) is 0 Å². The molecule has 0 aliphatic carbocycles. The Hall–Kier alpha value is -1.67. The van der Waals surface area contributed by atoms with Crippen LogP contribution in [-0.4, -0.2) is 38.0 Å². The molecule has 6 nitrogen and oxygen atoms in total. The van der Waals surface area contributed by atoms with Gasteiger partial charge in [-0.2, -0.15) is 0 Å². The molecule has 8 heteroatoms. The Labute approximate surface area is 115 Å². The molecule has 0 unspecified atom stereocenters. The van der Waals surface area contributed by atoms with Crippen LogP contribution in [0.1, 0.15) is 23.2 Å². The van der Waals surface area contributed by atoms with Crippen LogP contribution in [0.4, 0.5) is 10.1 Å². The highest BCUT2D eigenvalue weighted by Gasteiger charge is 2.28. The fourth-order valence-electron chi connectivity index (χ4n) is 1.96. The van der Waals surface area contributed by atoms with Gasteiger partial charge in [-0.3, -0.25) is 4.72 Å². The number of benzene rings is 1. The average molecular weight is 303 g/mol. The van der Waals surface area contributed by atoms with Gasteiger partial charge in [0.2, 0.25) is 10.0 Å². The lowest BCUT2D eigenvalue weighted by atomic mass is 10.2. The molecule has 20 heavy (non-hydrogen) atoms. The van der Waals surface area contributed by atoms with Crippen LogP contribution in [0.25, 0.3) is 0 Å². The summed E-state index contributed by atoms with van der Waals surface area (Å²) in [5, 5.41) is 8.17. The van der Waals surface area contributed by atoms with E-state index in [4.69, 9.17) is 9.84 Å². The number of nitrogens with one attached hydrogen (secondary N) is 1. The van der Waals surface area contributed by atoms with Gasteiger partial charge in [0, 0.05) is 13.2 Å². The molecule has 1 aromatic rings. The van der Waals surface area contributed by atoms with E-state index in [1.54, 1.807) is 0 Å². The molecule has 0 spiro atoms. The maximum Gasteiger partial charge on any atom is 0.335 e. The highest BCUT2D eigenvalue weighted by molar-refractivity contribution is 7.93. The van der Waals surface area contributed by atoms with Gasteiger partial charge >= 0.3 is 5.97 Å². The molecule has 1 saturated heterocycles. The number of rotatable bonds is 4. The number of carboxylic acid groups (broad SMARTS) is 1. The van der Waals surface area contributed by atoms with Gasteiger partial charge in [-0.1, -0.05) is 0 Å². The molecule has 1 aromatic carbocycles. The van der Waals surface area contributed by atoms with Gasteiger partial charge in [-0.05, 0) is 31.0 Å². The zero-order chi connectivity index (χ0) is 14.8. The Bertz CT molecular complexity index is 610. The van der Waals surface area contributed by atoms with Crippen LogP contribution < -0.4 is 4.72 Å². The minimum atomic E-state index is -3.76. The van der Waals surface area contributed by atoms with Crippen LogP contribution in [0.2, 0.25) is 0 Å². The molecular formula is C12H14FNO5S. The number of halogens is 1. The van der Waals surface area contributed by atoms with Gasteiger partial charge in [-0.25, -0.2) is 17.6 Å². The summed E-state index contributed by atoms with van der Waals surface area (Å²) in [5.74, 6) is -2.07. The second kappa shape index (κ2) is 5.76. The SMILES string of the molecule is O=C(O)c1ccc(F)c(NS(=O)(=O)C2CCOCC2)c1. The minimum absolute atomic E-state index is 0.184. The highest BCUT2D eigenvalue weighted by atomic mass is 32.2. The summed E-state index contributed by atoms with van der Waals surface area (Å²) in [5.41, 5.74) is -0.535. The lowest BCUT2D eigenvalue weighted by molar-refractivity contribution is 0.0697. The number of hydrogen-bond donors (Lipinski definition) is 2. The number of hydrogen-bond acceptors (Lipinski definition) is 4. The van der Waals surface area contributed by atoms with Crippen molar-refractivity contribution in [2.45, 2.75) is 18.1 Å². The molecule has 1 heterocycles. The summed E-state index contributed by atoms with van der Waals surface area (Å²) in [6, 6.07) is 2.96. The largest absolute Gasteiger partial charge is 0.478 e. The van der Waals surface area contributed by atoms with Gasteiger partial charge in [0.15, 0.2) is 0 Å². The Morgan fingerprint density at radius 2 is 2.00 bits per heavy atom. The number of carbonyl (C=O) groups is 1. The van der Waals surface area contributed by atoms with Gasteiger partial charge in [0.1, 0.15) is 5.82 Å². The van der Waals surface area contributed by atoms with E-state index in [1.807, 2.05) is 0 Å². The Balaban J connectivity index is 2.24. The summed E-state index contributed by atoms with van der Waals surface area (Å²) in [6.45, 7) is 0.673. The molecule has 0 amide bonds. The van der Waals surface area contributed by atoms with Crippen LogP contribution in [0.3, 0.4) is 0 Å². The molecular weight excluding hydrogens is 289 g/mol. The summed E-state index contributed by atoms with van der Waals surface area (Å²) in [6.07, 6.45) is 0.658. The fourth-order valence-corrected chi connectivity index (χ4v) is 3.40.